The summed E-state index contributed by atoms with van der Waals surface area (Å²) >= 11 is 0. The van der Waals surface area contributed by atoms with Gasteiger partial charge in [-0.2, -0.15) is 0 Å². The zero-order chi connectivity index (χ0) is 16.1. The highest BCUT2D eigenvalue weighted by atomic mass is 16.5. The zero-order valence-corrected chi connectivity index (χ0v) is 13.7. The standard InChI is InChI=1S/C22H22O/c1-17(2)19-12-14-20(15-13-19)21-10-6-7-11-22(21)23-16-18-8-4-3-5-9-18/h3-15,17H,16H2,1-2H3. The molecular weight excluding hydrogens is 280 g/mol. The number of hydrogen-bond donors (Lipinski definition) is 0. The zero-order valence-electron chi connectivity index (χ0n) is 13.7. The lowest BCUT2D eigenvalue weighted by atomic mass is 9.98. The molecule has 0 unspecified atom stereocenters. The maximum atomic E-state index is 6.06. The second kappa shape index (κ2) is 7.15. The Kier molecular flexibility index (Phi) is 4.77. The van der Waals surface area contributed by atoms with Crippen molar-refractivity contribution in [3.8, 4) is 16.9 Å². The van der Waals surface area contributed by atoms with Crippen LogP contribution in [0.3, 0.4) is 0 Å². The van der Waals surface area contributed by atoms with E-state index in [9.17, 15) is 0 Å². The fourth-order valence-corrected chi connectivity index (χ4v) is 2.61. The Morgan fingerprint density at radius 1 is 0.739 bits per heavy atom. The highest BCUT2D eigenvalue weighted by molar-refractivity contribution is 5.70. The summed E-state index contributed by atoms with van der Waals surface area (Å²) in [4.78, 5) is 0. The molecule has 0 radical (unpaired) electrons. The minimum atomic E-state index is 0.550. The Balaban J connectivity index is 1.82. The first-order chi connectivity index (χ1) is 11.2. The predicted molar refractivity (Wildman–Crippen MR) is 96.7 cm³/mol. The van der Waals surface area contributed by atoms with Crippen LogP contribution >= 0.6 is 0 Å². The number of benzene rings is 3. The molecule has 0 aliphatic carbocycles. The molecule has 0 heterocycles. The molecule has 0 saturated heterocycles. The molecule has 0 fully saturated rings. The second-order valence-corrected chi connectivity index (χ2v) is 6.05. The number of ether oxygens (including phenoxy) is 1. The maximum Gasteiger partial charge on any atom is 0.127 e. The molecule has 0 aliphatic rings. The molecule has 0 saturated carbocycles. The quantitative estimate of drug-likeness (QED) is 0.557. The normalized spacial score (nSPS) is 10.7. The van der Waals surface area contributed by atoms with Crippen molar-refractivity contribution in [2.75, 3.05) is 0 Å². The summed E-state index contributed by atoms with van der Waals surface area (Å²) in [6, 6.07) is 27.3. The van der Waals surface area contributed by atoms with Crippen LogP contribution in [-0.2, 0) is 6.61 Å². The molecule has 0 bridgehead atoms. The number of rotatable bonds is 5. The molecule has 0 aliphatic heterocycles. The Bertz CT molecular complexity index is 742. The van der Waals surface area contributed by atoms with Gasteiger partial charge in [-0.05, 0) is 28.7 Å². The molecule has 0 spiro atoms. The van der Waals surface area contributed by atoms with Gasteiger partial charge in [-0.25, -0.2) is 0 Å². The average Bonchev–Trinajstić information content (AvgIpc) is 2.61. The molecule has 1 nitrogen and oxygen atoms in total. The van der Waals surface area contributed by atoms with E-state index in [1.54, 1.807) is 0 Å². The Morgan fingerprint density at radius 3 is 2.09 bits per heavy atom. The van der Waals surface area contributed by atoms with Crippen LogP contribution in [0, 0.1) is 0 Å². The monoisotopic (exact) mass is 302 g/mol. The summed E-state index contributed by atoms with van der Waals surface area (Å²) in [7, 11) is 0. The third kappa shape index (κ3) is 3.81. The molecule has 23 heavy (non-hydrogen) atoms. The van der Waals surface area contributed by atoms with E-state index in [-0.39, 0.29) is 0 Å². The Hall–Kier alpha value is -2.54. The van der Waals surface area contributed by atoms with Gasteiger partial charge in [0.2, 0.25) is 0 Å². The summed E-state index contributed by atoms with van der Waals surface area (Å²) in [6.07, 6.45) is 0. The van der Waals surface area contributed by atoms with Crippen LogP contribution in [0.15, 0.2) is 78.9 Å². The van der Waals surface area contributed by atoms with Crippen LogP contribution in [0.2, 0.25) is 0 Å². The summed E-state index contributed by atoms with van der Waals surface area (Å²) in [6.45, 7) is 5.01. The molecule has 3 rings (SSSR count). The molecule has 1 heteroatoms. The Labute approximate surface area is 138 Å². The van der Waals surface area contributed by atoms with Crippen LogP contribution in [0.5, 0.6) is 5.75 Å². The number of para-hydroxylation sites is 1. The molecule has 0 N–H and O–H groups in total. The topological polar surface area (TPSA) is 9.23 Å². The van der Waals surface area contributed by atoms with Gasteiger partial charge in [-0.1, -0.05) is 86.6 Å². The average molecular weight is 302 g/mol. The highest BCUT2D eigenvalue weighted by Crippen LogP contribution is 2.31. The van der Waals surface area contributed by atoms with E-state index in [0.717, 1.165) is 11.3 Å². The third-order valence-corrected chi connectivity index (χ3v) is 4.01. The lowest BCUT2D eigenvalue weighted by molar-refractivity contribution is 0.307. The first-order valence-electron chi connectivity index (χ1n) is 8.10. The largest absolute Gasteiger partial charge is 0.488 e. The summed E-state index contributed by atoms with van der Waals surface area (Å²) in [5.74, 6) is 1.47. The van der Waals surface area contributed by atoms with E-state index in [2.05, 4.69) is 62.4 Å². The summed E-state index contributed by atoms with van der Waals surface area (Å²) < 4.78 is 6.06. The predicted octanol–water partition coefficient (Wildman–Crippen LogP) is 6.06. The van der Waals surface area contributed by atoms with E-state index in [1.807, 2.05) is 30.3 Å². The van der Waals surface area contributed by atoms with Gasteiger partial charge in [-0.3, -0.25) is 0 Å². The highest BCUT2D eigenvalue weighted by Gasteiger charge is 2.07. The summed E-state index contributed by atoms with van der Waals surface area (Å²) in [5.41, 5.74) is 4.87. The smallest absolute Gasteiger partial charge is 0.127 e. The van der Waals surface area contributed by atoms with Gasteiger partial charge in [0.25, 0.3) is 0 Å². The van der Waals surface area contributed by atoms with Crippen molar-refractivity contribution < 1.29 is 4.74 Å². The third-order valence-electron chi connectivity index (χ3n) is 4.01. The molecule has 0 atom stereocenters. The van der Waals surface area contributed by atoms with Crippen molar-refractivity contribution in [2.45, 2.75) is 26.4 Å². The molecule has 116 valence electrons. The van der Waals surface area contributed by atoms with Crippen molar-refractivity contribution in [3.05, 3.63) is 90.0 Å². The Morgan fingerprint density at radius 2 is 1.39 bits per heavy atom. The molecule has 0 aromatic heterocycles. The minimum absolute atomic E-state index is 0.550. The van der Waals surface area contributed by atoms with E-state index in [4.69, 9.17) is 4.74 Å². The summed E-state index contributed by atoms with van der Waals surface area (Å²) in [5, 5.41) is 0. The van der Waals surface area contributed by atoms with Crippen LogP contribution in [0.4, 0.5) is 0 Å². The van der Waals surface area contributed by atoms with Crippen molar-refractivity contribution in [3.63, 3.8) is 0 Å². The molecular formula is C22H22O. The van der Waals surface area contributed by atoms with Gasteiger partial charge in [0.15, 0.2) is 0 Å². The van der Waals surface area contributed by atoms with E-state index >= 15 is 0 Å². The van der Waals surface area contributed by atoms with Crippen molar-refractivity contribution in [1.82, 2.24) is 0 Å². The van der Waals surface area contributed by atoms with Crippen molar-refractivity contribution in [2.24, 2.45) is 0 Å². The van der Waals surface area contributed by atoms with Gasteiger partial charge in [0.1, 0.15) is 12.4 Å². The molecule has 3 aromatic rings. The van der Waals surface area contributed by atoms with Gasteiger partial charge in [0.05, 0.1) is 0 Å². The van der Waals surface area contributed by atoms with Crippen molar-refractivity contribution in [1.29, 1.82) is 0 Å². The van der Waals surface area contributed by atoms with Gasteiger partial charge in [-0.15, -0.1) is 0 Å². The van der Waals surface area contributed by atoms with Gasteiger partial charge >= 0.3 is 0 Å². The van der Waals surface area contributed by atoms with Gasteiger partial charge < -0.3 is 4.74 Å². The number of hydrogen-bond acceptors (Lipinski definition) is 1. The van der Waals surface area contributed by atoms with E-state index in [0.29, 0.717) is 12.5 Å². The SMILES string of the molecule is CC(C)c1ccc(-c2ccccc2OCc2ccccc2)cc1. The lowest BCUT2D eigenvalue weighted by Gasteiger charge is -2.13. The van der Waals surface area contributed by atoms with Crippen LogP contribution < -0.4 is 4.74 Å². The van der Waals surface area contributed by atoms with E-state index < -0.39 is 0 Å². The minimum Gasteiger partial charge on any atom is -0.488 e. The second-order valence-electron chi connectivity index (χ2n) is 6.05. The van der Waals surface area contributed by atoms with E-state index in [1.165, 1.54) is 16.7 Å². The fourth-order valence-electron chi connectivity index (χ4n) is 2.61. The molecule has 0 amide bonds. The van der Waals surface area contributed by atoms with Gasteiger partial charge in [0, 0.05) is 5.56 Å². The first-order valence-corrected chi connectivity index (χ1v) is 8.10. The van der Waals surface area contributed by atoms with Crippen LogP contribution in [0.1, 0.15) is 30.9 Å². The maximum absolute atomic E-state index is 6.06. The molecule has 3 aromatic carbocycles. The van der Waals surface area contributed by atoms with Crippen LogP contribution in [-0.4, -0.2) is 0 Å². The van der Waals surface area contributed by atoms with Crippen LogP contribution in [0.25, 0.3) is 11.1 Å². The first kappa shape index (κ1) is 15.4. The fraction of sp³-hybridized carbons (Fsp3) is 0.182. The van der Waals surface area contributed by atoms with Crippen molar-refractivity contribution >= 4 is 0 Å². The lowest BCUT2D eigenvalue weighted by Crippen LogP contribution is -1.96.